The Bertz CT molecular complexity index is 542. The molecule has 2 fully saturated rings. The Morgan fingerprint density at radius 2 is 2.00 bits per heavy atom. The third-order valence-electron chi connectivity index (χ3n) is 5.87. The van der Waals surface area contributed by atoms with Crippen molar-refractivity contribution in [3.05, 3.63) is 12.2 Å². The second kappa shape index (κ2) is 4.15. The third kappa shape index (κ3) is 1.48. The predicted molar refractivity (Wildman–Crippen MR) is 71.0 cm³/mol. The minimum absolute atomic E-state index is 0.225. The number of hydrogen-bond donors (Lipinski definition) is 3. The molecule has 6 nitrogen and oxygen atoms in total. The van der Waals surface area contributed by atoms with Gasteiger partial charge in [0.2, 0.25) is 0 Å². The normalized spacial score (nSPS) is 52.3. The number of carbonyl (C=O) groups excluding carboxylic acids is 2. The molecule has 116 valence electrons. The van der Waals surface area contributed by atoms with Crippen LogP contribution >= 0.6 is 0 Å². The van der Waals surface area contributed by atoms with Crippen LogP contribution in [0.3, 0.4) is 0 Å². The van der Waals surface area contributed by atoms with Crippen LogP contribution in [-0.2, 0) is 14.3 Å². The fourth-order valence-electron chi connectivity index (χ4n) is 4.23. The molecule has 3 N–H and O–H groups in total. The summed E-state index contributed by atoms with van der Waals surface area (Å²) in [6.07, 6.45) is 2.77. The molecule has 1 saturated carbocycles. The van der Waals surface area contributed by atoms with Crippen LogP contribution in [0.2, 0.25) is 0 Å². The maximum absolute atomic E-state index is 12.4. The molecular weight excluding hydrogens is 276 g/mol. The van der Waals surface area contributed by atoms with E-state index in [2.05, 4.69) is 0 Å². The van der Waals surface area contributed by atoms with Gasteiger partial charge in [-0.15, -0.1) is 0 Å². The van der Waals surface area contributed by atoms with Crippen LogP contribution in [0.4, 0.5) is 0 Å². The zero-order valence-electron chi connectivity index (χ0n) is 12.1. The number of esters is 1. The average molecular weight is 296 g/mol. The molecule has 3 aliphatic rings. The van der Waals surface area contributed by atoms with E-state index in [-0.39, 0.29) is 11.7 Å². The first-order chi connectivity index (χ1) is 9.71. The van der Waals surface area contributed by atoms with Crippen molar-refractivity contribution in [2.45, 2.75) is 44.0 Å². The summed E-state index contributed by atoms with van der Waals surface area (Å²) < 4.78 is 5.28. The topological polar surface area (TPSA) is 104 Å². The Morgan fingerprint density at radius 3 is 2.62 bits per heavy atom. The van der Waals surface area contributed by atoms with E-state index in [1.807, 2.05) is 6.92 Å². The van der Waals surface area contributed by atoms with Gasteiger partial charge in [-0.25, -0.2) is 4.79 Å². The van der Waals surface area contributed by atoms with Crippen LogP contribution < -0.4 is 0 Å². The minimum atomic E-state index is -2.00. The van der Waals surface area contributed by atoms with Crippen LogP contribution in [0.15, 0.2) is 12.2 Å². The fourth-order valence-corrected chi connectivity index (χ4v) is 4.23. The van der Waals surface area contributed by atoms with E-state index in [0.29, 0.717) is 12.8 Å². The Balaban J connectivity index is 2.15. The van der Waals surface area contributed by atoms with Crippen LogP contribution in [0.5, 0.6) is 0 Å². The number of carbonyl (C=O) groups is 2. The predicted octanol–water partition coefficient (Wildman–Crippen LogP) is -0.442. The van der Waals surface area contributed by atoms with Crippen molar-refractivity contribution in [1.82, 2.24) is 0 Å². The molecule has 3 rings (SSSR count). The second-order valence-electron chi connectivity index (χ2n) is 6.72. The monoisotopic (exact) mass is 296 g/mol. The van der Waals surface area contributed by atoms with Crippen LogP contribution in [0.1, 0.15) is 26.7 Å². The van der Waals surface area contributed by atoms with Gasteiger partial charge in [0.25, 0.3) is 0 Å². The largest absolute Gasteiger partial charge is 0.459 e. The van der Waals surface area contributed by atoms with Gasteiger partial charge in [-0.05, 0) is 37.8 Å². The molecule has 0 unspecified atom stereocenters. The van der Waals surface area contributed by atoms with Crippen molar-refractivity contribution in [2.24, 2.45) is 17.3 Å². The van der Waals surface area contributed by atoms with Crippen molar-refractivity contribution in [3.63, 3.8) is 0 Å². The lowest BCUT2D eigenvalue weighted by atomic mass is 9.64. The maximum atomic E-state index is 12.4. The second-order valence-corrected chi connectivity index (χ2v) is 6.72. The number of allylic oxidation sites excluding steroid dienone is 1. The van der Waals surface area contributed by atoms with Crippen LogP contribution in [-0.4, -0.2) is 51.0 Å². The molecule has 21 heavy (non-hydrogen) atoms. The van der Waals surface area contributed by atoms with Gasteiger partial charge in [0.15, 0.2) is 11.4 Å². The summed E-state index contributed by atoms with van der Waals surface area (Å²) in [5.74, 6) is -2.17. The maximum Gasteiger partial charge on any atom is 0.341 e. The Hall–Kier alpha value is -1.24. The fraction of sp³-hybridized carbons (Fsp3) is 0.733. The van der Waals surface area contributed by atoms with Gasteiger partial charge in [-0.2, -0.15) is 0 Å². The minimum Gasteiger partial charge on any atom is -0.459 e. The van der Waals surface area contributed by atoms with Gasteiger partial charge in [0, 0.05) is 5.92 Å². The molecule has 2 aliphatic carbocycles. The van der Waals surface area contributed by atoms with E-state index in [9.17, 15) is 24.9 Å². The summed E-state index contributed by atoms with van der Waals surface area (Å²) in [5, 5.41) is 30.9. The molecular formula is C15H20O6. The van der Waals surface area contributed by atoms with Gasteiger partial charge < -0.3 is 20.1 Å². The number of rotatable bonds is 1. The van der Waals surface area contributed by atoms with E-state index >= 15 is 0 Å². The van der Waals surface area contributed by atoms with Gasteiger partial charge in [0.1, 0.15) is 11.7 Å². The number of ketones is 1. The lowest BCUT2D eigenvalue weighted by Gasteiger charge is -2.43. The van der Waals surface area contributed by atoms with Crippen molar-refractivity contribution in [2.75, 3.05) is 6.61 Å². The quantitative estimate of drug-likeness (QED) is 0.567. The molecule has 0 radical (unpaired) electrons. The van der Waals surface area contributed by atoms with Crippen molar-refractivity contribution < 1.29 is 29.6 Å². The SMILES string of the molecule is C[C@H]1CC[C@@H]2[C@@H](OC(=O)[C@@]2(O)CO)[C@]2(C)C(=O)C=C[C@@]12O. The molecule has 1 saturated heterocycles. The van der Waals surface area contributed by atoms with Crippen LogP contribution in [0, 0.1) is 17.3 Å². The number of aliphatic hydroxyl groups is 3. The summed E-state index contributed by atoms with van der Waals surface area (Å²) >= 11 is 0. The Labute approximate surface area is 122 Å². The molecule has 1 aliphatic heterocycles. The standard InChI is InChI=1S/C15H20O6/c1-8-3-4-9-11(21-12(18)14(9,19)7-16)13(2)10(17)5-6-15(8,13)20/h5-6,8-9,11,16,19-20H,3-4,7H2,1-2H3/t8-,9+,11+,13-,14+,15+/m0/s1. The molecule has 0 aromatic rings. The molecule has 6 heteroatoms. The van der Waals surface area contributed by atoms with E-state index in [0.717, 1.165) is 0 Å². The first kappa shape index (κ1) is 14.7. The lowest BCUT2D eigenvalue weighted by Crippen LogP contribution is -2.57. The smallest absolute Gasteiger partial charge is 0.341 e. The molecule has 6 atom stereocenters. The Morgan fingerprint density at radius 1 is 1.33 bits per heavy atom. The number of fused-ring (bicyclic) bond motifs is 3. The molecule has 0 bridgehead atoms. The number of aliphatic hydroxyl groups excluding tert-OH is 1. The zero-order chi connectivity index (χ0) is 15.6. The molecule has 0 amide bonds. The van der Waals surface area contributed by atoms with E-state index in [1.165, 1.54) is 12.2 Å². The molecule has 0 aromatic carbocycles. The van der Waals surface area contributed by atoms with Crippen molar-refractivity contribution in [1.29, 1.82) is 0 Å². The lowest BCUT2D eigenvalue weighted by molar-refractivity contribution is -0.169. The molecule has 0 aromatic heterocycles. The van der Waals surface area contributed by atoms with Crippen molar-refractivity contribution >= 4 is 11.8 Å². The van der Waals surface area contributed by atoms with Gasteiger partial charge in [-0.3, -0.25) is 4.79 Å². The average Bonchev–Trinajstić information content (AvgIpc) is 2.82. The highest BCUT2D eigenvalue weighted by atomic mass is 16.6. The van der Waals surface area contributed by atoms with Gasteiger partial charge >= 0.3 is 5.97 Å². The number of hydrogen-bond acceptors (Lipinski definition) is 6. The van der Waals surface area contributed by atoms with Gasteiger partial charge in [-0.1, -0.05) is 6.92 Å². The summed E-state index contributed by atoms with van der Waals surface area (Å²) in [5.41, 5.74) is -4.74. The first-order valence-corrected chi connectivity index (χ1v) is 7.22. The highest BCUT2D eigenvalue weighted by Crippen LogP contribution is 2.57. The molecule has 1 heterocycles. The summed E-state index contributed by atoms with van der Waals surface area (Å²) in [4.78, 5) is 24.4. The highest BCUT2D eigenvalue weighted by molar-refractivity contribution is 6.00. The zero-order valence-corrected chi connectivity index (χ0v) is 12.1. The number of ether oxygens (including phenoxy) is 1. The van der Waals surface area contributed by atoms with Crippen LogP contribution in [0.25, 0.3) is 0 Å². The highest BCUT2D eigenvalue weighted by Gasteiger charge is 2.71. The van der Waals surface area contributed by atoms with E-state index < -0.39 is 41.2 Å². The van der Waals surface area contributed by atoms with E-state index in [1.54, 1.807) is 6.92 Å². The summed E-state index contributed by atoms with van der Waals surface area (Å²) in [6, 6.07) is 0. The third-order valence-corrected chi connectivity index (χ3v) is 5.87. The summed E-state index contributed by atoms with van der Waals surface area (Å²) in [7, 11) is 0. The Kier molecular flexibility index (Phi) is 2.90. The first-order valence-electron chi connectivity index (χ1n) is 7.22. The van der Waals surface area contributed by atoms with Gasteiger partial charge in [0.05, 0.1) is 12.0 Å². The van der Waals surface area contributed by atoms with Crippen molar-refractivity contribution in [3.8, 4) is 0 Å². The summed E-state index contributed by atoms with van der Waals surface area (Å²) in [6.45, 7) is 2.66. The molecule has 0 spiro atoms. The van der Waals surface area contributed by atoms with E-state index in [4.69, 9.17) is 4.74 Å².